The second kappa shape index (κ2) is 32.3. The fourth-order valence-corrected chi connectivity index (χ4v) is 20.9. The molecule has 0 saturated heterocycles. The maximum Gasteiger partial charge on any atom is 0.323 e. The predicted octanol–water partition coefficient (Wildman–Crippen LogP) is 14.0. The summed E-state index contributed by atoms with van der Waals surface area (Å²) in [5, 5.41) is 52.7. The molecule has 4 aromatic rings. The van der Waals surface area contributed by atoms with Crippen LogP contribution >= 0.6 is 43.2 Å². The molecule has 4 aliphatic carbocycles. The Morgan fingerprint density at radius 3 is 0.620 bits per heavy atom. The minimum Gasteiger partial charge on any atom is -0.507 e. The first-order valence-electron chi connectivity index (χ1n) is 33.9. The van der Waals surface area contributed by atoms with Gasteiger partial charge in [-0.25, -0.2) is 0 Å². The molecule has 0 radical (unpaired) electrons. The van der Waals surface area contributed by atoms with Crippen LogP contribution in [0, 0.1) is 0 Å². The van der Waals surface area contributed by atoms with Gasteiger partial charge in [-0.2, -0.15) is 0 Å². The summed E-state index contributed by atoms with van der Waals surface area (Å²) in [5.74, 6) is -0.124. The minimum atomic E-state index is -0.888. The molecule has 20 heteroatoms. The summed E-state index contributed by atoms with van der Waals surface area (Å²) in [6, 6.07) is 13.3. The number of carbonyl (C=O) groups is 4. The molecule has 16 nitrogen and oxygen atoms in total. The molecular formula is C72H96N4O12S4. The molecule has 4 aromatic carbocycles. The third-order valence-corrected chi connectivity index (χ3v) is 26.0. The van der Waals surface area contributed by atoms with E-state index in [9.17, 15) is 39.6 Å². The first kappa shape index (κ1) is 68.6. The Hall–Kier alpha value is -4.80. The monoisotopic (exact) mass is 1340 g/mol. The van der Waals surface area contributed by atoms with Crippen molar-refractivity contribution in [3.8, 4) is 23.0 Å². The Morgan fingerprint density at radius 2 is 0.467 bits per heavy atom. The van der Waals surface area contributed by atoms with E-state index in [0.29, 0.717) is 44.5 Å². The zero-order chi connectivity index (χ0) is 64.4. The highest BCUT2D eigenvalue weighted by atomic mass is 33.1. The lowest BCUT2D eigenvalue weighted by Crippen LogP contribution is -2.43. The van der Waals surface area contributed by atoms with Gasteiger partial charge in [0, 0.05) is 120 Å². The van der Waals surface area contributed by atoms with Crippen molar-refractivity contribution in [1.29, 1.82) is 0 Å². The summed E-state index contributed by atoms with van der Waals surface area (Å²) < 4.78 is 22.8. The van der Waals surface area contributed by atoms with E-state index < -0.39 is 48.0 Å². The van der Waals surface area contributed by atoms with Crippen molar-refractivity contribution < 1.29 is 58.6 Å². The van der Waals surface area contributed by atoms with Gasteiger partial charge in [-0.3, -0.25) is 38.8 Å². The summed E-state index contributed by atoms with van der Waals surface area (Å²) in [7, 11) is 11.4. The first-order valence-corrected chi connectivity index (χ1v) is 38.8. The van der Waals surface area contributed by atoms with Gasteiger partial charge in [0.2, 0.25) is 0 Å². The van der Waals surface area contributed by atoms with E-state index in [2.05, 4.69) is 48.5 Å². The molecule has 6 unspecified atom stereocenters. The molecule has 4 N–H and O–H groups in total. The van der Waals surface area contributed by atoms with Crippen LogP contribution < -0.4 is 0 Å². The fourth-order valence-electron chi connectivity index (χ4n) is 15.9. The largest absolute Gasteiger partial charge is 0.507 e. The molecule has 92 heavy (non-hydrogen) atoms. The van der Waals surface area contributed by atoms with E-state index in [1.54, 1.807) is 0 Å². The van der Waals surface area contributed by atoms with Gasteiger partial charge in [-0.1, -0.05) is 169 Å². The third-order valence-electron chi connectivity index (χ3n) is 21.2. The first-order chi connectivity index (χ1) is 44.7. The lowest BCUT2D eigenvalue weighted by molar-refractivity contribution is -0.147. The Balaban J connectivity index is 1.18. The van der Waals surface area contributed by atoms with Crippen molar-refractivity contribution in [2.45, 2.75) is 229 Å². The molecule has 3 heterocycles. The van der Waals surface area contributed by atoms with E-state index in [0.717, 1.165) is 151 Å². The predicted molar refractivity (Wildman–Crippen MR) is 366 cm³/mol. The van der Waals surface area contributed by atoms with Gasteiger partial charge in [0.05, 0.1) is 28.4 Å². The summed E-state index contributed by atoms with van der Waals surface area (Å²) in [6.07, 6.45) is 20.8. The van der Waals surface area contributed by atoms with Crippen LogP contribution in [0.2, 0.25) is 0 Å². The molecule has 11 rings (SSSR count). The average Bonchev–Trinajstić information content (AvgIpc) is 1.15. The smallest absolute Gasteiger partial charge is 0.323 e. The summed E-state index contributed by atoms with van der Waals surface area (Å²) >= 11 is 0. The maximum atomic E-state index is 14.7. The van der Waals surface area contributed by atoms with Crippen LogP contribution in [-0.4, -0.2) is 140 Å². The lowest BCUT2D eigenvalue weighted by atomic mass is 9.82. The van der Waals surface area contributed by atoms with Crippen LogP contribution in [0.25, 0.3) is 0 Å². The Kier molecular flexibility index (Phi) is 24.1. The summed E-state index contributed by atoms with van der Waals surface area (Å²) in [5.41, 5.74) is 9.04. The van der Waals surface area contributed by atoms with Crippen LogP contribution in [0.3, 0.4) is 0 Å². The van der Waals surface area contributed by atoms with Crippen LogP contribution in [0.5, 0.6) is 23.0 Å². The van der Waals surface area contributed by atoms with Crippen LogP contribution in [-0.2, 0) is 90.5 Å². The normalized spacial score (nSPS) is 26.4. The van der Waals surface area contributed by atoms with Gasteiger partial charge in [0.25, 0.3) is 0 Å². The summed E-state index contributed by atoms with van der Waals surface area (Å²) in [6.45, 7) is 0.759. The number of phenols is 4. The van der Waals surface area contributed by atoms with Crippen molar-refractivity contribution in [3.63, 3.8) is 0 Å². The van der Waals surface area contributed by atoms with Crippen molar-refractivity contribution >= 4 is 67.1 Å². The van der Waals surface area contributed by atoms with Gasteiger partial charge in [-0.15, -0.1) is 0 Å². The zero-order valence-corrected chi connectivity index (χ0v) is 57.6. The number of hydrogen-bond acceptors (Lipinski definition) is 20. The van der Waals surface area contributed by atoms with E-state index in [1.807, 2.05) is 19.6 Å². The van der Waals surface area contributed by atoms with E-state index in [-0.39, 0.29) is 122 Å². The third kappa shape index (κ3) is 16.2. The number of benzene rings is 4. The average molecular weight is 1340 g/mol. The number of ether oxygens (including phenoxy) is 4. The van der Waals surface area contributed by atoms with E-state index in [1.165, 1.54) is 71.6 Å². The van der Waals surface area contributed by atoms with Crippen LogP contribution in [0.1, 0.15) is 219 Å². The van der Waals surface area contributed by atoms with E-state index >= 15 is 0 Å². The molecule has 3 aliphatic heterocycles. The van der Waals surface area contributed by atoms with Gasteiger partial charge < -0.3 is 39.4 Å². The second-order valence-electron chi connectivity index (χ2n) is 27.0. The molecule has 0 aromatic heterocycles. The SMILES string of the molecule is COC(=O)C1CSSCC(C(=O)OC)N2Cc3cc(C4CCCCC4)cc(c3O)CN1Cc1cc(C3CCCCC3)cc(c1O)CN1Cc3cc(C4CCCCC4)cc(c3O)CN(Cc3cc(C4CCCCC4)cc(c3O)C2)[C@H](C(=O)OC)CSSC[C@H]1C(=O)OC. The molecule has 4 saturated carbocycles. The second-order valence-corrected chi connectivity index (χ2v) is 32.1. The molecule has 4 fully saturated rings. The van der Waals surface area contributed by atoms with Gasteiger partial charge in [0.1, 0.15) is 47.2 Å². The molecule has 12 bridgehead atoms. The molecular weight excluding hydrogens is 1240 g/mol. The molecule has 0 spiro atoms. The van der Waals surface area contributed by atoms with Gasteiger partial charge >= 0.3 is 23.9 Å². The number of fused-ring (bicyclic) bond motifs is 8. The van der Waals surface area contributed by atoms with Crippen molar-refractivity contribution in [3.05, 3.63) is 115 Å². The van der Waals surface area contributed by atoms with Crippen molar-refractivity contribution in [2.75, 3.05) is 51.5 Å². The Bertz CT molecular complexity index is 2860. The van der Waals surface area contributed by atoms with Crippen molar-refractivity contribution in [2.24, 2.45) is 0 Å². The number of methoxy groups -OCH3 is 4. The molecule has 8 atom stereocenters. The maximum absolute atomic E-state index is 14.7. The number of nitrogens with zero attached hydrogens (tertiary/aromatic N) is 4. The highest BCUT2D eigenvalue weighted by Crippen LogP contribution is 2.46. The van der Waals surface area contributed by atoms with Crippen LogP contribution in [0.15, 0.2) is 48.5 Å². The zero-order valence-electron chi connectivity index (χ0n) is 54.3. The fraction of sp³-hybridized carbons (Fsp3) is 0.611. The highest BCUT2D eigenvalue weighted by Gasteiger charge is 2.39. The number of esters is 4. The number of hydrogen-bond donors (Lipinski definition) is 4. The Morgan fingerprint density at radius 1 is 0.304 bits per heavy atom. The molecule has 500 valence electrons. The number of phenolic OH excluding ortho intramolecular Hbond substituents is 4. The standard InChI is InChI=1S/C72H96N4O12S4/c1-85-69(81)61-41-89-90-42-62(70(82)86-2)74-34-54-26-49(45-17-9-5-10-18-45)25-53(65(54)77)33-73(61)37-57-29-51(47-21-13-7-14-22-47)30-58(67(57)79)38-75-35-55-27-50(46-19-11-6-12-20-46)28-56(66(55)78)36-76(64(72(84)88-4)44-92-91-43-63(75)71(83)87-3)40-60-32-52(31-59(39-74)68(60)80)48-23-15-8-16-24-48/h25-32,45-48,61-64,77-80H,5-24,33-44H2,1-4H3/t61-,62-,63?,64?/m0/s1. The van der Waals surface area contributed by atoms with Crippen LogP contribution in [0.4, 0.5) is 0 Å². The van der Waals surface area contributed by atoms with E-state index in [4.69, 9.17) is 18.9 Å². The number of rotatable bonds is 8. The summed E-state index contributed by atoms with van der Waals surface area (Å²) in [4.78, 5) is 66.8. The lowest BCUT2D eigenvalue weighted by Gasteiger charge is -2.34. The molecule has 7 aliphatic rings. The van der Waals surface area contributed by atoms with Gasteiger partial charge in [-0.05, 0) is 97.3 Å². The number of carbonyl (C=O) groups excluding carboxylic acids is 4. The minimum absolute atomic E-state index is 0.0223. The highest BCUT2D eigenvalue weighted by molar-refractivity contribution is 8.77. The topological polar surface area (TPSA) is 199 Å². The van der Waals surface area contributed by atoms with Crippen molar-refractivity contribution in [1.82, 2.24) is 19.6 Å². The Labute approximate surface area is 560 Å². The number of aromatic hydroxyl groups is 4. The van der Waals surface area contributed by atoms with Gasteiger partial charge in [0.15, 0.2) is 0 Å². The molecule has 0 amide bonds. The quantitative estimate of drug-likeness (QED) is 0.0737.